The summed E-state index contributed by atoms with van der Waals surface area (Å²) in [5.74, 6) is 0.229. The summed E-state index contributed by atoms with van der Waals surface area (Å²) in [6.07, 6.45) is 0. The number of dihydropyridines is 1. The molecule has 1 aromatic rings. The van der Waals surface area contributed by atoms with E-state index in [0.29, 0.717) is 5.70 Å². The molecule has 1 aliphatic heterocycles. The number of hydrogen-bond donors (Lipinski definition) is 1. The molecule has 0 bridgehead atoms. The highest BCUT2D eigenvalue weighted by molar-refractivity contribution is 15.0. The van der Waals surface area contributed by atoms with Crippen molar-refractivity contribution in [2.45, 2.75) is 26.7 Å². The van der Waals surface area contributed by atoms with E-state index in [1.807, 2.05) is 32.0 Å². The lowest BCUT2D eigenvalue weighted by Gasteiger charge is -2.28. The zero-order valence-corrected chi connectivity index (χ0v) is 17.7. The second-order valence-electron chi connectivity index (χ2n) is 4.89. The molecule has 0 saturated heterocycles. The summed E-state index contributed by atoms with van der Waals surface area (Å²) < 4.78 is 0. The van der Waals surface area contributed by atoms with E-state index in [4.69, 9.17) is 15.4 Å². The zero-order chi connectivity index (χ0) is 18.0. The highest BCUT2D eigenvalue weighted by Crippen LogP contribution is 2.36. The van der Waals surface area contributed by atoms with E-state index >= 15 is 0 Å². The number of halogens is 2. The van der Waals surface area contributed by atoms with E-state index in [1.54, 1.807) is 0 Å². The minimum Gasteiger partial charge on any atom is -0.351 e. The lowest BCUT2D eigenvalue weighted by atomic mass is 9.82. The normalized spacial score (nSPS) is 16.1. The molecule has 23 heavy (non-hydrogen) atoms. The zero-order valence-electron chi connectivity index (χ0n) is 13.4. The maximum Gasteiger partial charge on any atom is 0.194 e. The first-order chi connectivity index (χ1) is 10.9. The Balaban J connectivity index is 0.000000705. The number of rotatable bonds is 1. The molecule has 1 aromatic carbocycles. The number of nitriles is 1. The summed E-state index contributed by atoms with van der Waals surface area (Å²) in [6, 6.07) is 12.6. The monoisotopic (exact) mass is 539 g/mol. The SMILES string of the molecule is CC1=C(C)C(c2ccccc2)C(C)=C(C#N)N1.C[N+](=O)[O-].II. The van der Waals surface area contributed by atoms with Gasteiger partial charge < -0.3 is 5.32 Å². The molecule has 1 heterocycles. The van der Waals surface area contributed by atoms with Crippen LogP contribution in [-0.2, 0) is 0 Å². The Hall–Kier alpha value is -1.15. The number of nitro groups is 1. The Morgan fingerprint density at radius 2 is 1.65 bits per heavy atom. The van der Waals surface area contributed by atoms with Gasteiger partial charge in [0.05, 0.1) is 0 Å². The summed E-state index contributed by atoms with van der Waals surface area (Å²) in [7, 11) is 0.889. The van der Waals surface area contributed by atoms with Crippen LogP contribution in [0.5, 0.6) is 0 Å². The number of nitrogens with zero attached hydrogens (tertiary/aromatic N) is 2. The van der Waals surface area contributed by atoms with Crippen molar-refractivity contribution in [2.24, 2.45) is 0 Å². The standard InChI is InChI=1S/C15H16N2.CH3NO2.I2/c1-10-12(3)17-14(9-16)11(2)15(10)13-7-5-4-6-8-13;1-2(3)4;1-2/h4-8,15,17H,1-3H3;1H3;. The van der Waals surface area contributed by atoms with Gasteiger partial charge in [-0.2, -0.15) is 5.26 Å². The van der Waals surface area contributed by atoms with Crippen LogP contribution in [0.25, 0.3) is 0 Å². The molecule has 124 valence electrons. The third-order valence-electron chi connectivity index (χ3n) is 3.41. The van der Waals surface area contributed by atoms with Gasteiger partial charge in [0.25, 0.3) is 0 Å². The minimum absolute atomic E-state index is 0.229. The first-order valence-electron chi connectivity index (χ1n) is 6.71. The molecule has 0 saturated carbocycles. The third kappa shape index (κ3) is 6.87. The van der Waals surface area contributed by atoms with E-state index in [9.17, 15) is 0 Å². The predicted octanol–water partition coefficient (Wildman–Crippen LogP) is 5.13. The van der Waals surface area contributed by atoms with Crippen LogP contribution in [0, 0.1) is 21.4 Å². The quantitative estimate of drug-likeness (QED) is 0.305. The molecular formula is C16H19I2N3O2. The Bertz CT molecular complexity index is 630. The van der Waals surface area contributed by atoms with Crippen molar-refractivity contribution in [3.63, 3.8) is 0 Å². The molecule has 0 radical (unpaired) electrons. The Kier molecular flexibility index (Phi) is 10.8. The number of benzene rings is 1. The van der Waals surface area contributed by atoms with Crippen molar-refractivity contribution < 1.29 is 4.92 Å². The van der Waals surface area contributed by atoms with Gasteiger partial charge in [-0.3, -0.25) is 10.1 Å². The molecule has 1 N–H and O–H groups in total. The van der Waals surface area contributed by atoms with Gasteiger partial charge >= 0.3 is 0 Å². The number of allylic oxidation sites excluding steroid dienone is 4. The van der Waals surface area contributed by atoms with Crippen LogP contribution in [0.3, 0.4) is 0 Å². The topological polar surface area (TPSA) is 79.0 Å². The Labute approximate surface area is 160 Å². The van der Waals surface area contributed by atoms with Gasteiger partial charge in [-0.05, 0) is 37.5 Å². The molecular weight excluding hydrogens is 520 g/mol. The van der Waals surface area contributed by atoms with Crippen LogP contribution in [0.15, 0.2) is 52.9 Å². The van der Waals surface area contributed by atoms with Crippen molar-refractivity contribution in [3.05, 3.63) is 68.5 Å². The van der Waals surface area contributed by atoms with Crippen molar-refractivity contribution in [3.8, 4) is 6.07 Å². The molecule has 0 fully saturated rings. The molecule has 1 atom stereocenters. The highest BCUT2D eigenvalue weighted by Gasteiger charge is 2.24. The van der Waals surface area contributed by atoms with Crippen LogP contribution in [0.1, 0.15) is 32.3 Å². The Morgan fingerprint density at radius 1 is 1.17 bits per heavy atom. The molecule has 0 amide bonds. The predicted molar refractivity (Wildman–Crippen MR) is 110 cm³/mol. The smallest absolute Gasteiger partial charge is 0.194 e. The average Bonchev–Trinajstić information content (AvgIpc) is 2.53. The highest BCUT2D eigenvalue weighted by atomic mass is 128. The van der Waals surface area contributed by atoms with Gasteiger partial charge in [-0.1, -0.05) is 30.3 Å². The maximum absolute atomic E-state index is 9.14. The second kappa shape index (κ2) is 11.4. The van der Waals surface area contributed by atoms with E-state index in [2.05, 4.69) is 67.7 Å². The molecule has 0 spiro atoms. The van der Waals surface area contributed by atoms with Gasteiger partial charge in [-0.15, -0.1) is 0 Å². The van der Waals surface area contributed by atoms with Crippen molar-refractivity contribution >= 4 is 37.2 Å². The maximum atomic E-state index is 9.14. The van der Waals surface area contributed by atoms with Gasteiger partial charge in [0.15, 0.2) is 7.05 Å². The molecule has 7 heteroatoms. The first kappa shape index (κ1) is 21.9. The van der Waals surface area contributed by atoms with Crippen LogP contribution >= 0.6 is 37.2 Å². The van der Waals surface area contributed by atoms with E-state index in [1.165, 1.54) is 11.1 Å². The fraction of sp³-hybridized carbons (Fsp3) is 0.312. The fourth-order valence-electron chi connectivity index (χ4n) is 2.33. The molecule has 0 aromatic heterocycles. The van der Waals surface area contributed by atoms with Gasteiger partial charge in [0, 0.05) is 53.8 Å². The fourth-order valence-corrected chi connectivity index (χ4v) is 2.33. The van der Waals surface area contributed by atoms with Crippen LogP contribution in [0.4, 0.5) is 0 Å². The van der Waals surface area contributed by atoms with Crippen molar-refractivity contribution in [1.82, 2.24) is 5.32 Å². The Morgan fingerprint density at radius 3 is 2.09 bits per heavy atom. The summed E-state index contributed by atoms with van der Waals surface area (Å²) in [5.41, 5.74) is 5.40. The van der Waals surface area contributed by atoms with Crippen molar-refractivity contribution in [2.75, 3.05) is 7.05 Å². The van der Waals surface area contributed by atoms with Gasteiger partial charge in [0.2, 0.25) is 0 Å². The van der Waals surface area contributed by atoms with Gasteiger partial charge in [0.1, 0.15) is 11.8 Å². The number of hydrogen-bond acceptors (Lipinski definition) is 4. The second-order valence-corrected chi connectivity index (χ2v) is 4.89. The summed E-state index contributed by atoms with van der Waals surface area (Å²) in [5, 5.41) is 21.1. The molecule has 1 aliphatic rings. The van der Waals surface area contributed by atoms with Crippen LogP contribution in [0.2, 0.25) is 0 Å². The van der Waals surface area contributed by atoms with E-state index < -0.39 is 4.92 Å². The molecule has 5 nitrogen and oxygen atoms in total. The third-order valence-corrected chi connectivity index (χ3v) is 3.41. The van der Waals surface area contributed by atoms with Crippen LogP contribution in [-0.4, -0.2) is 12.0 Å². The average molecular weight is 539 g/mol. The lowest BCUT2D eigenvalue weighted by Crippen LogP contribution is -2.22. The number of nitrogens with one attached hydrogen (secondary N) is 1. The van der Waals surface area contributed by atoms with Crippen LogP contribution < -0.4 is 5.32 Å². The van der Waals surface area contributed by atoms with E-state index in [0.717, 1.165) is 18.3 Å². The first-order valence-corrected chi connectivity index (χ1v) is 13.0. The molecule has 1 unspecified atom stereocenters. The molecule has 0 aliphatic carbocycles. The summed E-state index contributed by atoms with van der Waals surface area (Å²) >= 11 is 4.24. The van der Waals surface area contributed by atoms with Gasteiger partial charge in [-0.25, -0.2) is 0 Å². The molecule has 2 rings (SSSR count). The summed E-state index contributed by atoms with van der Waals surface area (Å²) in [4.78, 5) is 8.31. The lowest BCUT2D eigenvalue weighted by molar-refractivity contribution is -0.445. The van der Waals surface area contributed by atoms with Crippen molar-refractivity contribution in [1.29, 1.82) is 5.26 Å². The minimum atomic E-state index is -0.500. The summed E-state index contributed by atoms with van der Waals surface area (Å²) in [6.45, 7) is 6.17. The van der Waals surface area contributed by atoms with E-state index in [-0.39, 0.29) is 5.92 Å². The largest absolute Gasteiger partial charge is 0.351 e.